The summed E-state index contributed by atoms with van der Waals surface area (Å²) in [6.07, 6.45) is 3.70. The molecule has 0 saturated carbocycles. The first-order chi connectivity index (χ1) is 5.61. The van der Waals surface area contributed by atoms with E-state index in [0.29, 0.717) is 0 Å². The Kier molecular flexibility index (Phi) is 3.15. The average Bonchev–Trinajstić information content (AvgIpc) is 2.33. The molecule has 0 atom stereocenters. The van der Waals surface area contributed by atoms with Gasteiger partial charge in [0.1, 0.15) is 4.99 Å². The summed E-state index contributed by atoms with van der Waals surface area (Å²) in [6.45, 7) is 6.11. The third kappa shape index (κ3) is 2.24. The largest absolute Gasteiger partial charge is 0.247 e. The second kappa shape index (κ2) is 3.94. The Bertz CT molecular complexity index is 261. The molecule has 0 saturated heterocycles. The summed E-state index contributed by atoms with van der Waals surface area (Å²) in [6, 6.07) is 0. The molecule has 0 spiro atoms. The van der Waals surface area contributed by atoms with Gasteiger partial charge >= 0.3 is 0 Å². The Labute approximate surface area is 79.6 Å². The first-order valence-electron chi connectivity index (χ1n) is 4.36. The number of hydrogen-bond acceptors (Lipinski definition) is 1. The number of allylic oxidation sites excluding steroid dienone is 2. The van der Waals surface area contributed by atoms with Crippen LogP contribution in [0.1, 0.15) is 40.0 Å². The topological polar surface area (TPSA) is 12.4 Å². The van der Waals surface area contributed by atoms with E-state index in [1.54, 1.807) is 0 Å². The zero-order valence-electron chi connectivity index (χ0n) is 7.98. The van der Waals surface area contributed by atoms with Crippen molar-refractivity contribution >= 4 is 22.9 Å². The maximum absolute atomic E-state index is 4.94. The number of rotatable bonds is 1. The summed E-state index contributed by atoms with van der Waals surface area (Å²) in [5.74, 6) is 0. The Morgan fingerprint density at radius 1 is 1.33 bits per heavy atom. The molecule has 0 bridgehead atoms. The van der Waals surface area contributed by atoms with Crippen molar-refractivity contribution in [3.8, 4) is 0 Å². The molecular formula is C10H15NS. The summed E-state index contributed by atoms with van der Waals surface area (Å²) in [5, 5.41) is 0. The van der Waals surface area contributed by atoms with Crippen LogP contribution in [-0.4, -0.2) is 10.7 Å². The van der Waals surface area contributed by atoms with Gasteiger partial charge in [0.05, 0.1) is 0 Å². The van der Waals surface area contributed by atoms with Crippen LogP contribution in [0, 0.1) is 0 Å². The SMILES string of the molecule is CC(=S)N=C(C)C1=C(C)CCC1. The van der Waals surface area contributed by atoms with Gasteiger partial charge in [0.15, 0.2) is 0 Å². The summed E-state index contributed by atoms with van der Waals surface area (Å²) in [4.78, 5) is 5.04. The van der Waals surface area contributed by atoms with Crippen LogP contribution < -0.4 is 0 Å². The molecule has 1 aliphatic rings. The van der Waals surface area contributed by atoms with Crippen molar-refractivity contribution in [1.82, 2.24) is 0 Å². The molecule has 0 unspecified atom stereocenters. The lowest BCUT2D eigenvalue weighted by atomic mass is 10.1. The third-order valence-corrected chi connectivity index (χ3v) is 2.35. The van der Waals surface area contributed by atoms with Crippen LogP contribution in [0.15, 0.2) is 16.1 Å². The third-order valence-electron chi connectivity index (χ3n) is 2.26. The van der Waals surface area contributed by atoms with Crippen molar-refractivity contribution in [3.05, 3.63) is 11.1 Å². The Hall–Kier alpha value is -0.500. The number of thiocarbonyl (C=S) groups is 1. The summed E-state index contributed by atoms with van der Waals surface area (Å²) < 4.78 is 0. The monoisotopic (exact) mass is 181 g/mol. The van der Waals surface area contributed by atoms with Crippen LogP contribution in [0.5, 0.6) is 0 Å². The highest BCUT2D eigenvalue weighted by Gasteiger charge is 2.12. The standard InChI is InChI=1S/C10H15NS/c1-7-5-4-6-10(7)8(2)11-9(3)12/h4-6H2,1-3H3. The second-order valence-electron chi connectivity index (χ2n) is 3.33. The van der Waals surface area contributed by atoms with Crippen LogP contribution in [0.25, 0.3) is 0 Å². The molecule has 1 rings (SSSR count). The molecule has 1 nitrogen and oxygen atoms in total. The Morgan fingerprint density at radius 3 is 2.42 bits per heavy atom. The van der Waals surface area contributed by atoms with E-state index in [0.717, 1.165) is 10.7 Å². The second-order valence-corrected chi connectivity index (χ2v) is 3.92. The fraction of sp³-hybridized carbons (Fsp3) is 0.600. The summed E-state index contributed by atoms with van der Waals surface area (Å²) >= 11 is 4.94. The maximum atomic E-state index is 4.94. The quantitative estimate of drug-likeness (QED) is 0.446. The summed E-state index contributed by atoms with van der Waals surface area (Å²) in [5.41, 5.74) is 4.05. The molecule has 66 valence electrons. The zero-order chi connectivity index (χ0) is 9.14. The van der Waals surface area contributed by atoms with Gasteiger partial charge < -0.3 is 0 Å². The van der Waals surface area contributed by atoms with Crippen molar-refractivity contribution in [2.45, 2.75) is 40.0 Å². The fourth-order valence-corrected chi connectivity index (χ4v) is 1.82. The van der Waals surface area contributed by atoms with Crippen LogP contribution in [0.4, 0.5) is 0 Å². The first-order valence-corrected chi connectivity index (χ1v) is 4.77. The van der Waals surface area contributed by atoms with Gasteiger partial charge in [-0.1, -0.05) is 17.8 Å². The number of nitrogens with zero attached hydrogens (tertiary/aromatic N) is 1. The maximum Gasteiger partial charge on any atom is 0.100 e. The lowest BCUT2D eigenvalue weighted by Crippen LogP contribution is -1.98. The van der Waals surface area contributed by atoms with Gasteiger partial charge in [0.25, 0.3) is 0 Å². The number of aliphatic imine (C=N–C) groups is 1. The molecule has 0 radical (unpaired) electrons. The molecule has 2 heteroatoms. The zero-order valence-corrected chi connectivity index (χ0v) is 8.79. The highest BCUT2D eigenvalue weighted by Crippen LogP contribution is 2.26. The van der Waals surface area contributed by atoms with E-state index in [1.807, 2.05) is 6.92 Å². The minimum atomic E-state index is 0.736. The van der Waals surface area contributed by atoms with Crippen LogP contribution in [-0.2, 0) is 0 Å². The van der Waals surface area contributed by atoms with Gasteiger partial charge in [-0.25, -0.2) is 4.99 Å². The van der Waals surface area contributed by atoms with E-state index < -0.39 is 0 Å². The molecule has 0 heterocycles. The molecule has 1 aliphatic carbocycles. The average molecular weight is 181 g/mol. The van der Waals surface area contributed by atoms with Crippen molar-refractivity contribution in [1.29, 1.82) is 0 Å². The first kappa shape index (κ1) is 9.59. The van der Waals surface area contributed by atoms with Crippen LogP contribution in [0.3, 0.4) is 0 Å². The molecule has 0 N–H and O–H groups in total. The van der Waals surface area contributed by atoms with Crippen LogP contribution in [0.2, 0.25) is 0 Å². The molecule has 0 aromatic rings. The molecule has 0 aliphatic heterocycles. The Balaban J connectivity index is 2.83. The lowest BCUT2D eigenvalue weighted by molar-refractivity contribution is 0.901. The van der Waals surface area contributed by atoms with Gasteiger partial charge in [-0.3, -0.25) is 0 Å². The van der Waals surface area contributed by atoms with Crippen molar-refractivity contribution in [3.63, 3.8) is 0 Å². The molecule has 0 aromatic carbocycles. The molecule has 0 aromatic heterocycles. The summed E-state index contributed by atoms with van der Waals surface area (Å²) in [7, 11) is 0. The smallest absolute Gasteiger partial charge is 0.100 e. The van der Waals surface area contributed by atoms with Crippen molar-refractivity contribution in [2.75, 3.05) is 0 Å². The molecular weight excluding hydrogens is 166 g/mol. The predicted molar refractivity (Wildman–Crippen MR) is 57.9 cm³/mol. The minimum Gasteiger partial charge on any atom is -0.247 e. The van der Waals surface area contributed by atoms with E-state index in [9.17, 15) is 0 Å². The van der Waals surface area contributed by atoms with Crippen molar-refractivity contribution < 1.29 is 0 Å². The fourth-order valence-electron chi connectivity index (χ4n) is 1.69. The molecule has 12 heavy (non-hydrogen) atoms. The van der Waals surface area contributed by atoms with Gasteiger partial charge in [-0.2, -0.15) is 0 Å². The van der Waals surface area contributed by atoms with Crippen molar-refractivity contribution in [2.24, 2.45) is 4.99 Å². The van der Waals surface area contributed by atoms with E-state index in [4.69, 9.17) is 12.2 Å². The van der Waals surface area contributed by atoms with E-state index in [1.165, 1.54) is 30.4 Å². The highest BCUT2D eigenvalue weighted by atomic mass is 32.1. The van der Waals surface area contributed by atoms with Gasteiger partial charge in [-0.15, -0.1) is 0 Å². The predicted octanol–water partition coefficient (Wildman–Crippen LogP) is 3.30. The molecule has 0 amide bonds. The highest BCUT2D eigenvalue weighted by molar-refractivity contribution is 7.80. The van der Waals surface area contributed by atoms with Crippen LogP contribution >= 0.6 is 12.2 Å². The Morgan fingerprint density at radius 2 is 2.00 bits per heavy atom. The van der Waals surface area contributed by atoms with Gasteiger partial charge in [-0.05, 0) is 45.6 Å². The molecule has 0 fully saturated rings. The normalized spacial score (nSPS) is 18.8. The van der Waals surface area contributed by atoms with Gasteiger partial charge in [0.2, 0.25) is 0 Å². The van der Waals surface area contributed by atoms with E-state index >= 15 is 0 Å². The van der Waals surface area contributed by atoms with E-state index in [2.05, 4.69) is 18.8 Å². The number of hydrogen-bond donors (Lipinski definition) is 0. The van der Waals surface area contributed by atoms with Gasteiger partial charge in [0, 0.05) is 5.71 Å². The minimum absolute atomic E-state index is 0.736. The van der Waals surface area contributed by atoms with E-state index in [-0.39, 0.29) is 0 Å². The lowest BCUT2D eigenvalue weighted by Gasteiger charge is -2.02.